The van der Waals surface area contributed by atoms with Crippen LogP contribution in [0, 0.1) is 5.82 Å². The maximum Gasteiger partial charge on any atom is 0.307 e. The molecule has 9 heteroatoms. The van der Waals surface area contributed by atoms with Gasteiger partial charge in [0.15, 0.2) is 5.82 Å². The van der Waals surface area contributed by atoms with E-state index in [2.05, 4.69) is 10.3 Å². The number of carbonyl (C=O) groups is 2. The summed E-state index contributed by atoms with van der Waals surface area (Å²) in [5, 5.41) is 12.4. The maximum atomic E-state index is 15.1. The van der Waals surface area contributed by atoms with Crippen LogP contribution in [0.3, 0.4) is 0 Å². The molecule has 1 amide bonds. The van der Waals surface area contributed by atoms with Crippen molar-refractivity contribution in [1.29, 1.82) is 0 Å². The van der Waals surface area contributed by atoms with E-state index < -0.39 is 17.7 Å². The van der Waals surface area contributed by atoms with Crippen LogP contribution in [-0.2, 0) is 17.8 Å². The number of anilines is 1. The van der Waals surface area contributed by atoms with Gasteiger partial charge in [-0.25, -0.2) is 4.39 Å². The zero-order valence-corrected chi connectivity index (χ0v) is 17.6. The van der Waals surface area contributed by atoms with Crippen LogP contribution in [-0.4, -0.2) is 29.1 Å². The molecular weight excluding hydrogens is 429 g/mol. The standard InChI is InChI=1S/C24H20FN3O5/c1-32-22-15-7-9-33-23(15)16(14-6-8-27-19(12-26)21(14)25)11-17(22)24(31)28-18-5-3-2-4-13(18)10-20(29)30/h2-9,11H,10,12,26H2,1H3,(H,28,31)(H,29,30). The Morgan fingerprint density at radius 3 is 2.73 bits per heavy atom. The van der Waals surface area contributed by atoms with Crippen molar-refractivity contribution in [1.82, 2.24) is 4.98 Å². The number of methoxy groups -OCH3 is 1. The number of nitrogens with zero attached hydrogens (tertiary/aromatic N) is 1. The Morgan fingerprint density at radius 1 is 1.21 bits per heavy atom. The first-order chi connectivity index (χ1) is 15.9. The van der Waals surface area contributed by atoms with E-state index in [1.165, 1.54) is 31.7 Å². The lowest BCUT2D eigenvalue weighted by Crippen LogP contribution is -2.16. The Labute approximate surface area is 187 Å². The highest BCUT2D eigenvalue weighted by Gasteiger charge is 2.24. The molecule has 4 N–H and O–H groups in total. The molecular formula is C24H20FN3O5. The molecule has 8 nitrogen and oxygen atoms in total. The number of carboxylic acid groups (broad SMARTS) is 1. The number of aliphatic carboxylic acids is 1. The Kier molecular flexibility index (Phi) is 6.05. The number of carbonyl (C=O) groups excluding carboxylic acids is 1. The maximum absolute atomic E-state index is 15.1. The van der Waals surface area contributed by atoms with Crippen LogP contribution < -0.4 is 15.8 Å². The zero-order chi connectivity index (χ0) is 23.5. The van der Waals surface area contributed by atoms with Gasteiger partial charge >= 0.3 is 5.97 Å². The molecule has 0 fully saturated rings. The number of hydrogen-bond donors (Lipinski definition) is 3. The molecule has 0 aliphatic heterocycles. The third kappa shape index (κ3) is 4.13. The molecule has 0 aliphatic rings. The van der Waals surface area contributed by atoms with Gasteiger partial charge in [0, 0.05) is 29.6 Å². The second-order valence-corrected chi connectivity index (χ2v) is 7.17. The number of hydrogen-bond acceptors (Lipinski definition) is 6. The lowest BCUT2D eigenvalue weighted by atomic mass is 9.98. The number of nitrogens with two attached hydrogens (primary N) is 1. The molecule has 0 saturated heterocycles. The molecule has 0 spiro atoms. The molecule has 0 aliphatic carbocycles. The monoisotopic (exact) mass is 449 g/mol. The number of nitrogens with one attached hydrogen (secondary N) is 1. The van der Waals surface area contributed by atoms with E-state index in [1.807, 2.05) is 0 Å². The van der Waals surface area contributed by atoms with Crippen molar-refractivity contribution in [3.05, 3.63) is 77.6 Å². The van der Waals surface area contributed by atoms with Gasteiger partial charge in [0.2, 0.25) is 0 Å². The number of aromatic nitrogens is 1. The third-order valence-electron chi connectivity index (χ3n) is 5.19. The highest BCUT2D eigenvalue weighted by atomic mass is 19.1. The summed E-state index contributed by atoms with van der Waals surface area (Å²) in [5.41, 5.74) is 7.43. The Balaban J connectivity index is 1.86. The van der Waals surface area contributed by atoms with Crippen LogP contribution in [0.5, 0.6) is 5.75 Å². The second kappa shape index (κ2) is 9.09. The number of rotatable bonds is 7. The summed E-state index contributed by atoms with van der Waals surface area (Å²) in [7, 11) is 1.41. The molecule has 0 saturated carbocycles. The van der Waals surface area contributed by atoms with Crippen molar-refractivity contribution >= 4 is 28.5 Å². The molecule has 2 heterocycles. The quantitative estimate of drug-likeness (QED) is 0.389. The fourth-order valence-corrected chi connectivity index (χ4v) is 3.69. The summed E-state index contributed by atoms with van der Waals surface area (Å²) < 4.78 is 26.1. The van der Waals surface area contributed by atoms with Crippen molar-refractivity contribution in [2.45, 2.75) is 13.0 Å². The van der Waals surface area contributed by atoms with Crippen LogP contribution in [0.4, 0.5) is 10.1 Å². The van der Waals surface area contributed by atoms with Crippen molar-refractivity contribution in [2.75, 3.05) is 12.4 Å². The van der Waals surface area contributed by atoms with Crippen molar-refractivity contribution < 1.29 is 28.2 Å². The van der Waals surface area contributed by atoms with E-state index in [0.717, 1.165) is 0 Å². The third-order valence-corrected chi connectivity index (χ3v) is 5.19. The molecule has 0 unspecified atom stereocenters. The minimum Gasteiger partial charge on any atom is -0.495 e. The first-order valence-corrected chi connectivity index (χ1v) is 9.97. The van der Waals surface area contributed by atoms with Gasteiger partial charge in [0.05, 0.1) is 36.4 Å². The molecule has 2 aromatic heterocycles. The van der Waals surface area contributed by atoms with E-state index in [-0.39, 0.29) is 35.5 Å². The average molecular weight is 449 g/mol. The molecule has 0 atom stereocenters. The number of benzene rings is 2. The van der Waals surface area contributed by atoms with E-state index in [4.69, 9.17) is 20.0 Å². The number of carboxylic acids is 1. The highest BCUT2D eigenvalue weighted by molar-refractivity contribution is 6.12. The SMILES string of the molecule is COc1c(C(=O)Nc2ccccc2CC(=O)O)cc(-c2ccnc(CN)c2F)c2occc12. The fraction of sp³-hybridized carbons (Fsp3) is 0.125. The topological polar surface area (TPSA) is 128 Å². The number of furan rings is 1. The molecule has 4 aromatic rings. The Morgan fingerprint density at radius 2 is 2.00 bits per heavy atom. The first kappa shape index (κ1) is 22.0. The second-order valence-electron chi connectivity index (χ2n) is 7.17. The molecule has 2 aromatic carbocycles. The smallest absolute Gasteiger partial charge is 0.307 e. The summed E-state index contributed by atoms with van der Waals surface area (Å²) in [4.78, 5) is 28.4. The van der Waals surface area contributed by atoms with Crippen molar-refractivity contribution in [2.24, 2.45) is 5.73 Å². The van der Waals surface area contributed by atoms with Crippen LogP contribution in [0.25, 0.3) is 22.1 Å². The molecule has 168 valence electrons. The summed E-state index contributed by atoms with van der Waals surface area (Å²) in [6, 6.07) is 11.2. The minimum atomic E-state index is -1.03. The number of ether oxygens (including phenoxy) is 1. The fourth-order valence-electron chi connectivity index (χ4n) is 3.69. The van der Waals surface area contributed by atoms with Gasteiger partial charge in [-0.15, -0.1) is 0 Å². The largest absolute Gasteiger partial charge is 0.495 e. The van der Waals surface area contributed by atoms with E-state index >= 15 is 4.39 Å². The number of amides is 1. The van der Waals surface area contributed by atoms with Gasteiger partial charge in [-0.1, -0.05) is 18.2 Å². The van der Waals surface area contributed by atoms with Crippen LogP contribution in [0.2, 0.25) is 0 Å². The lowest BCUT2D eigenvalue weighted by Gasteiger charge is -2.15. The van der Waals surface area contributed by atoms with Gasteiger partial charge in [-0.3, -0.25) is 14.6 Å². The molecule has 4 rings (SSSR count). The summed E-state index contributed by atoms with van der Waals surface area (Å²) >= 11 is 0. The zero-order valence-electron chi connectivity index (χ0n) is 17.6. The van der Waals surface area contributed by atoms with Gasteiger partial charge in [0.25, 0.3) is 5.91 Å². The highest BCUT2D eigenvalue weighted by Crippen LogP contribution is 2.39. The number of halogens is 1. The Bertz CT molecular complexity index is 1370. The van der Waals surface area contributed by atoms with E-state index in [1.54, 1.807) is 30.3 Å². The van der Waals surface area contributed by atoms with E-state index in [0.29, 0.717) is 27.8 Å². The van der Waals surface area contributed by atoms with Gasteiger partial charge in [-0.2, -0.15) is 0 Å². The number of fused-ring (bicyclic) bond motifs is 1. The van der Waals surface area contributed by atoms with Crippen LogP contribution in [0.1, 0.15) is 21.6 Å². The summed E-state index contributed by atoms with van der Waals surface area (Å²) in [6.07, 6.45) is 2.59. The number of pyridine rings is 1. The van der Waals surface area contributed by atoms with Gasteiger partial charge < -0.3 is 25.3 Å². The van der Waals surface area contributed by atoms with Crippen molar-refractivity contribution in [3.8, 4) is 16.9 Å². The Hall–Kier alpha value is -4.24. The summed E-state index contributed by atoms with van der Waals surface area (Å²) in [6.45, 7) is -0.0924. The van der Waals surface area contributed by atoms with Crippen LogP contribution >= 0.6 is 0 Å². The lowest BCUT2D eigenvalue weighted by molar-refractivity contribution is -0.136. The van der Waals surface area contributed by atoms with Crippen molar-refractivity contribution in [3.63, 3.8) is 0 Å². The van der Waals surface area contributed by atoms with E-state index in [9.17, 15) is 9.59 Å². The molecule has 0 radical (unpaired) electrons. The molecule has 33 heavy (non-hydrogen) atoms. The first-order valence-electron chi connectivity index (χ1n) is 9.97. The predicted molar refractivity (Wildman–Crippen MR) is 120 cm³/mol. The minimum absolute atomic E-state index is 0.0802. The number of para-hydroxylation sites is 1. The summed E-state index contributed by atoms with van der Waals surface area (Å²) in [5.74, 6) is -1.95. The van der Waals surface area contributed by atoms with Crippen LogP contribution in [0.15, 0.2) is 59.3 Å². The molecule has 0 bridgehead atoms. The van der Waals surface area contributed by atoms with Gasteiger partial charge in [0.1, 0.15) is 11.3 Å². The predicted octanol–water partition coefficient (Wildman–Crippen LogP) is 3.98. The van der Waals surface area contributed by atoms with Gasteiger partial charge in [-0.05, 0) is 29.8 Å². The normalized spacial score (nSPS) is 10.9. The average Bonchev–Trinajstić information content (AvgIpc) is 3.29.